The summed E-state index contributed by atoms with van der Waals surface area (Å²) < 4.78 is 5.48. The second-order valence-electron chi connectivity index (χ2n) is 8.91. The second kappa shape index (κ2) is 10.6. The van der Waals surface area contributed by atoms with Crippen LogP contribution >= 0.6 is 0 Å². The Labute approximate surface area is 211 Å². The summed E-state index contributed by atoms with van der Waals surface area (Å²) in [6, 6.07) is 12.6. The molecule has 0 radical (unpaired) electrons. The van der Waals surface area contributed by atoms with Crippen molar-refractivity contribution in [3.05, 3.63) is 78.1 Å². The van der Waals surface area contributed by atoms with Gasteiger partial charge in [0.05, 0.1) is 6.54 Å². The van der Waals surface area contributed by atoms with Gasteiger partial charge < -0.3 is 15.4 Å². The van der Waals surface area contributed by atoms with Crippen LogP contribution in [-0.4, -0.2) is 34.2 Å². The van der Waals surface area contributed by atoms with Gasteiger partial charge in [-0.25, -0.2) is 4.79 Å². The molecule has 0 aliphatic carbocycles. The number of nitrogens with one attached hydrogen (secondary N) is 2. The fourth-order valence-electron chi connectivity index (χ4n) is 3.82. The summed E-state index contributed by atoms with van der Waals surface area (Å²) in [6.07, 6.45) is 1.23. The summed E-state index contributed by atoms with van der Waals surface area (Å²) in [4.78, 5) is 50.9. The molecule has 2 aromatic carbocycles. The first kappa shape index (κ1) is 26.4. The molecule has 2 N–H and O–H groups in total. The van der Waals surface area contributed by atoms with Crippen LogP contribution in [0.2, 0.25) is 0 Å². The third kappa shape index (κ3) is 5.54. The van der Waals surface area contributed by atoms with Crippen molar-refractivity contribution in [1.82, 2.24) is 10.2 Å². The number of rotatable bonds is 9. The van der Waals surface area contributed by atoms with Crippen LogP contribution in [-0.2, 0) is 25.7 Å². The van der Waals surface area contributed by atoms with E-state index in [0.717, 1.165) is 16.7 Å². The summed E-state index contributed by atoms with van der Waals surface area (Å²) in [6.45, 7) is 14.6. The lowest BCUT2D eigenvalue weighted by Crippen LogP contribution is -2.38. The van der Waals surface area contributed by atoms with E-state index >= 15 is 0 Å². The molecule has 2 aromatic rings. The number of anilines is 1. The zero-order chi connectivity index (χ0) is 26.6. The van der Waals surface area contributed by atoms with Crippen molar-refractivity contribution in [1.29, 1.82) is 0 Å². The number of hydrogen-bond donors (Lipinski definition) is 2. The molecule has 1 heterocycles. The fourth-order valence-corrected chi connectivity index (χ4v) is 3.82. The van der Waals surface area contributed by atoms with Crippen molar-refractivity contribution < 1.29 is 23.9 Å². The number of fused-ring (bicyclic) bond motifs is 1. The highest BCUT2D eigenvalue weighted by Gasteiger charge is 2.34. The van der Waals surface area contributed by atoms with Crippen molar-refractivity contribution in [3.8, 4) is 11.1 Å². The number of nitrogens with zero attached hydrogens (tertiary/aromatic N) is 1. The molecule has 0 saturated carbocycles. The average molecular weight is 490 g/mol. The van der Waals surface area contributed by atoms with E-state index in [0.29, 0.717) is 24.1 Å². The lowest BCUT2D eigenvalue weighted by molar-refractivity contribution is -0.154. The van der Waals surface area contributed by atoms with Gasteiger partial charge in [0, 0.05) is 18.2 Å². The molecular formula is C28H31N3O5. The normalized spacial score (nSPS) is 12.6. The molecule has 0 atom stereocenters. The van der Waals surface area contributed by atoms with Gasteiger partial charge in [0.25, 0.3) is 11.8 Å². The Bertz CT molecular complexity index is 1240. The van der Waals surface area contributed by atoms with Gasteiger partial charge in [0.15, 0.2) is 0 Å². The second-order valence-corrected chi connectivity index (χ2v) is 8.91. The van der Waals surface area contributed by atoms with Crippen LogP contribution in [0.1, 0.15) is 56.5 Å². The first-order valence-electron chi connectivity index (χ1n) is 11.7. The molecular weight excluding hydrogens is 458 g/mol. The van der Waals surface area contributed by atoms with Gasteiger partial charge in [-0.05, 0) is 54.7 Å². The molecule has 0 spiro atoms. The number of hydrogen-bond acceptors (Lipinski definition) is 5. The topological polar surface area (TPSA) is 105 Å². The minimum absolute atomic E-state index is 0.106. The Balaban J connectivity index is 1.74. The van der Waals surface area contributed by atoms with Gasteiger partial charge in [-0.1, -0.05) is 51.3 Å². The van der Waals surface area contributed by atoms with E-state index in [1.165, 1.54) is 11.8 Å². The fraction of sp³-hybridized carbons (Fsp3) is 0.286. The molecule has 0 fully saturated rings. The first-order chi connectivity index (χ1) is 17.0. The largest absolute Gasteiger partial charge is 0.455 e. The lowest BCUT2D eigenvalue weighted by atomic mass is 9.97. The maximum absolute atomic E-state index is 13.1. The molecule has 188 valence electrons. The Morgan fingerprint density at radius 1 is 1.03 bits per heavy atom. The smallest absolute Gasteiger partial charge is 0.354 e. The Hall–Kier alpha value is -4.20. The third-order valence-corrected chi connectivity index (χ3v) is 6.42. The molecule has 0 saturated heterocycles. The predicted octanol–water partition coefficient (Wildman–Crippen LogP) is 4.53. The van der Waals surface area contributed by atoms with E-state index in [-0.39, 0.29) is 29.8 Å². The predicted molar refractivity (Wildman–Crippen MR) is 138 cm³/mol. The molecule has 0 unspecified atom stereocenters. The Kier molecular flexibility index (Phi) is 7.77. The quantitative estimate of drug-likeness (QED) is 0.398. The maximum atomic E-state index is 13.1. The van der Waals surface area contributed by atoms with Crippen LogP contribution in [0.25, 0.3) is 11.1 Å². The van der Waals surface area contributed by atoms with Gasteiger partial charge in [0.1, 0.15) is 17.0 Å². The summed E-state index contributed by atoms with van der Waals surface area (Å²) in [5.74, 6) is -1.97. The van der Waals surface area contributed by atoms with Gasteiger partial charge in [-0.15, -0.1) is 0 Å². The molecule has 0 aromatic heterocycles. The summed E-state index contributed by atoms with van der Waals surface area (Å²) in [5, 5.41) is 5.13. The standard InChI is InChI=1S/C28H31N3O5/c1-7-28(6,8-2)36-27(35)17(3)29-25(33)18(4)31-16-24-22(10-9-11-23(24)26(31)34)20-12-14-21(15-13-20)30-19(5)32/h9-15H,3-4,7-8,16H2,1-2,5-6H3,(H,29,33)(H,30,32). The molecule has 1 aliphatic rings. The molecule has 0 bridgehead atoms. The summed E-state index contributed by atoms with van der Waals surface area (Å²) in [5.41, 5.74) is 2.58. The maximum Gasteiger partial charge on any atom is 0.354 e. The molecule has 8 nitrogen and oxygen atoms in total. The van der Waals surface area contributed by atoms with Crippen LogP contribution < -0.4 is 10.6 Å². The van der Waals surface area contributed by atoms with Crippen LogP contribution in [0.3, 0.4) is 0 Å². The van der Waals surface area contributed by atoms with Crippen LogP contribution in [0.5, 0.6) is 0 Å². The highest BCUT2D eigenvalue weighted by molar-refractivity contribution is 6.08. The van der Waals surface area contributed by atoms with Crippen molar-refractivity contribution in [2.24, 2.45) is 0 Å². The van der Waals surface area contributed by atoms with E-state index in [4.69, 9.17) is 4.74 Å². The van der Waals surface area contributed by atoms with Crippen molar-refractivity contribution in [2.45, 2.75) is 52.7 Å². The number of esters is 1. The van der Waals surface area contributed by atoms with Crippen LogP contribution in [0.15, 0.2) is 67.0 Å². The first-order valence-corrected chi connectivity index (χ1v) is 11.7. The Morgan fingerprint density at radius 3 is 2.22 bits per heavy atom. The number of ether oxygens (including phenoxy) is 1. The third-order valence-electron chi connectivity index (χ3n) is 6.42. The molecule has 3 rings (SSSR count). The van der Waals surface area contributed by atoms with Gasteiger partial charge >= 0.3 is 5.97 Å². The van der Waals surface area contributed by atoms with E-state index < -0.39 is 17.5 Å². The van der Waals surface area contributed by atoms with Crippen molar-refractivity contribution in [3.63, 3.8) is 0 Å². The summed E-state index contributed by atoms with van der Waals surface area (Å²) in [7, 11) is 0. The van der Waals surface area contributed by atoms with Crippen molar-refractivity contribution >= 4 is 29.4 Å². The minimum atomic E-state index is -0.733. The highest BCUT2D eigenvalue weighted by Crippen LogP contribution is 2.34. The van der Waals surface area contributed by atoms with Gasteiger partial charge in [-0.3, -0.25) is 19.3 Å². The lowest BCUT2D eigenvalue weighted by Gasteiger charge is -2.27. The number of amides is 3. The van der Waals surface area contributed by atoms with Crippen LogP contribution in [0, 0.1) is 0 Å². The van der Waals surface area contributed by atoms with E-state index in [1.807, 2.05) is 39.0 Å². The zero-order valence-electron chi connectivity index (χ0n) is 21.1. The minimum Gasteiger partial charge on any atom is -0.455 e. The zero-order valence-corrected chi connectivity index (χ0v) is 21.1. The number of carbonyl (C=O) groups excluding carboxylic acids is 4. The van der Waals surface area contributed by atoms with Crippen molar-refractivity contribution in [2.75, 3.05) is 5.32 Å². The average Bonchev–Trinajstić information content (AvgIpc) is 3.20. The molecule has 8 heteroatoms. The molecule has 3 amide bonds. The Morgan fingerprint density at radius 2 is 1.64 bits per heavy atom. The van der Waals surface area contributed by atoms with Gasteiger partial charge in [-0.2, -0.15) is 0 Å². The van der Waals surface area contributed by atoms with E-state index in [1.54, 1.807) is 24.3 Å². The molecule has 1 aliphatic heterocycles. The summed E-state index contributed by atoms with van der Waals surface area (Å²) >= 11 is 0. The van der Waals surface area contributed by atoms with Crippen LogP contribution in [0.4, 0.5) is 5.69 Å². The number of carbonyl (C=O) groups is 4. The van der Waals surface area contributed by atoms with Gasteiger partial charge in [0.2, 0.25) is 5.91 Å². The monoisotopic (exact) mass is 489 g/mol. The highest BCUT2D eigenvalue weighted by atomic mass is 16.6. The SMILES string of the molecule is C=C(NC(=O)C(=C)N1Cc2c(cccc2-c2ccc(NC(C)=O)cc2)C1=O)C(=O)OC(C)(CC)CC. The van der Waals surface area contributed by atoms with E-state index in [2.05, 4.69) is 23.8 Å². The molecule has 36 heavy (non-hydrogen) atoms. The number of benzene rings is 2. The van der Waals surface area contributed by atoms with E-state index in [9.17, 15) is 19.2 Å².